The number of carbonyl (C=O) groups excluding carboxylic acids is 2. The topological polar surface area (TPSA) is 53.1 Å². The van der Waals surface area contributed by atoms with Crippen LogP contribution < -0.4 is 9.64 Å². The highest BCUT2D eigenvalue weighted by Crippen LogP contribution is 2.28. The van der Waals surface area contributed by atoms with E-state index < -0.39 is 0 Å². The fourth-order valence-corrected chi connectivity index (χ4v) is 4.15. The van der Waals surface area contributed by atoms with Crippen molar-refractivity contribution in [2.24, 2.45) is 0 Å². The highest BCUT2D eigenvalue weighted by atomic mass is 79.9. The quantitative estimate of drug-likeness (QED) is 0.455. The lowest BCUT2D eigenvalue weighted by molar-refractivity contribution is 0.0650. The van der Waals surface area contributed by atoms with Crippen molar-refractivity contribution in [3.63, 3.8) is 0 Å². The van der Waals surface area contributed by atoms with Gasteiger partial charge in [0.15, 0.2) is 0 Å². The number of nitrogens with zero attached hydrogens (tertiary/aromatic N) is 3. The first-order valence-electron chi connectivity index (χ1n) is 10.2. The molecule has 4 rings (SSSR count). The van der Waals surface area contributed by atoms with Gasteiger partial charge in [-0.3, -0.25) is 19.4 Å². The highest BCUT2D eigenvalue weighted by Gasteiger charge is 2.34. The van der Waals surface area contributed by atoms with E-state index in [4.69, 9.17) is 4.74 Å². The standard InChI is InChI=1S/C23H27N3O3.BrH/c1-29-21-11-5-4-10-20(21)25-16-14-24(15-17-25)12-6-7-13-26-22(27)18-8-2-3-9-19(18)23(26)28;/h2-5,8-11H,6-7,12-17H2,1H3;1H. The second kappa shape index (κ2) is 10.1. The summed E-state index contributed by atoms with van der Waals surface area (Å²) in [7, 11) is 1.71. The first kappa shape index (κ1) is 22.3. The van der Waals surface area contributed by atoms with Crippen LogP contribution in [0.1, 0.15) is 33.6 Å². The third-order valence-electron chi connectivity index (χ3n) is 5.78. The molecule has 1 fully saturated rings. The molecule has 0 atom stereocenters. The normalized spacial score (nSPS) is 16.4. The average molecular weight is 474 g/mol. The molecule has 0 unspecified atom stereocenters. The molecule has 160 valence electrons. The van der Waals surface area contributed by atoms with Gasteiger partial charge in [0.2, 0.25) is 0 Å². The molecule has 2 aliphatic rings. The van der Waals surface area contributed by atoms with Crippen LogP contribution in [-0.2, 0) is 0 Å². The molecule has 0 aromatic heterocycles. The van der Waals surface area contributed by atoms with Gasteiger partial charge in [0.1, 0.15) is 5.75 Å². The Balaban J connectivity index is 0.00000256. The van der Waals surface area contributed by atoms with Crippen LogP contribution in [0.2, 0.25) is 0 Å². The number of anilines is 1. The number of hydrogen-bond acceptors (Lipinski definition) is 5. The molecule has 2 aromatic rings. The fraction of sp³-hybridized carbons (Fsp3) is 0.391. The zero-order valence-electron chi connectivity index (χ0n) is 17.3. The Bertz CT molecular complexity index is 862. The number of benzene rings is 2. The van der Waals surface area contributed by atoms with Crippen molar-refractivity contribution in [2.45, 2.75) is 12.8 Å². The molecule has 7 heteroatoms. The molecule has 0 N–H and O–H groups in total. The van der Waals surface area contributed by atoms with Crippen molar-refractivity contribution in [1.82, 2.24) is 9.80 Å². The van der Waals surface area contributed by atoms with Crippen molar-refractivity contribution in [3.8, 4) is 5.75 Å². The third-order valence-corrected chi connectivity index (χ3v) is 5.78. The summed E-state index contributed by atoms with van der Waals surface area (Å²) in [4.78, 5) is 31.0. The van der Waals surface area contributed by atoms with Crippen LogP contribution in [0.5, 0.6) is 5.75 Å². The fourth-order valence-electron chi connectivity index (χ4n) is 4.15. The number of carbonyl (C=O) groups is 2. The smallest absolute Gasteiger partial charge is 0.261 e. The molecule has 2 aromatic carbocycles. The number of piperazine rings is 1. The summed E-state index contributed by atoms with van der Waals surface area (Å²) in [6.07, 6.45) is 1.81. The Morgan fingerprint density at radius 2 is 1.37 bits per heavy atom. The Labute approximate surface area is 188 Å². The molecule has 0 radical (unpaired) electrons. The summed E-state index contributed by atoms with van der Waals surface area (Å²) in [5.41, 5.74) is 2.22. The van der Waals surface area contributed by atoms with E-state index in [0.29, 0.717) is 17.7 Å². The molecule has 0 spiro atoms. The second-order valence-electron chi connectivity index (χ2n) is 7.52. The van der Waals surface area contributed by atoms with Crippen molar-refractivity contribution >= 4 is 34.5 Å². The van der Waals surface area contributed by atoms with E-state index in [1.165, 1.54) is 4.90 Å². The predicted octanol–water partition coefficient (Wildman–Crippen LogP) is 3.47. The van der Waals surface area contributed by atoms with E-state index in [2.05, 4.69) is 15.9 Å². The van der Waals surface area contributed by atoms with E-state index in [9.17, 15) is 9.59 Å². The SMILES string of the molecule is Br.COc1ccccc1N1CCN(CCCCN2C(=O)c3ccccc3C2=O)CC1. The number of ether oxygens (including phenoxy) is 1. The predicted molar refractivity (Wildman–Crippen MR) is 123 cm³/mol. The maximum atomic E-state index is 12.4. The van der Waals surface area contributed by atoms with Crippen LogP contribution in [0.25, 0.3) is 0 Å². The van der Waals surface area contributed by atoms with E-state index in [1.54, 1.807) is 31.4 Å². The van der Waals surface area contributed by atoms with Gasteiger partial charge in [0.05, 0.1) is 23.9 Å². The van der Waals surface area contributed by atoms with Crippen molar-refractivity contribution in [3.05, 3.63) is 59.7 Å². The van der Waals surface area contributed by atoms with Gasteiger partial charge in [-0.1, -0.05) is 24.3 Å². The Morgan fingerprint density at radius 1 is 0.800 bits per heavy atom. The van der Waals surface area contributed by atoms with Crippen LogP contribution in [-0.4, -0.2) is 68.0 Å². The zero-order chi connectivity index (χ0) is 20.2. The van der Waals surface area contributed by atoms with Crippen molar-refractivity contribution in [1.29, 1.82) is 0 Å². The summed E-state index contributed by atoms with van der Waals surface area (Å²) >= 11 is 0. The molecule has 0 aliphatic carbocycles. The van der Waals surface area contributed by atoms with Crippen LogP contribution in [0.3, 0.4) is 0 Å². The van der Waals surface area contributed by atoms with E-state index in [-0.39, 0.29) is 28.8 Å². The van der Waals surface area contributed by atoms with E-state index >= 15 is 0 Å². The molecular weight excluding hydrogens is 446 g/mol. The van der Waals surface area contributed by atoms with Gasteiger partial charge >= 0.3 is 0 Å². The van der Waals surface area contributed by atoms with Gasteiger partial charge in [-0.2, -0.15) is 0 Å². The minimum absolute atomic E-state index is 0. The summed E-state index contributed by atoms with van der Waals surface area (Å²) in [6.45, 7) is 5.43. The molecule has 2 aliphatic heterocycles. The molecule has 2 heterocycles. The van der Waals surface area contributed by atoms with Gasteiger partial charge in [0, 0.05) is 32.7 Å². The van der Waals surface area contributed by atoms with Crippen LogP contribution in [0.4, 0.5) is 5.69 Å². The van der Waals surface area contributed by atoms with Gasteiger partial charge in [-0.05, 0) is 43.7 Å². The summed E-state index contributed by atoms with van der Waals surface area (Å²) < 4.78 is 5.48. The summed E-state index contributed by atoms with van der Waals surface area (Å²) in [5, 5.41) is 0. The lowest BCUT2D eigenvalue weighted by atomic mass is 10.1. The largest absolute Gasteiger partial charge is 0.495 e. The molecule has 0 bridgehead atoms. The summed E-state index contributed by atoms with van der Waals surface area (Å²) in [6, 6.07) is 15.2. The lowest BCUT2D eigenvalue weighted by Crippen LogP contribution is -2.46. The number of imide groups is 1. The van der Waals surface area contributed by atoms with Gasteiger partial charge < -0.3 is 9.64 Å². The first-order chi connectivity index (χ1) is 14.2. The Hall–Kier alpha value is -2.38. The average Bonchev–Trinajstić information content (AvgIpc) is 3.02. The number of unbranched alkanes of at least 4 members (excludes halogenated alkanes) is 1. The number of hydrogen-bond donors (Lipinski definition) is 0. The molecule has 1 saturated heterocycles. The van der Waals surface area contributed by atoms with Crippen LogP contribution >= 0.6 is 17.0 Å². The maximum Gasteiger partial charge on any atom is 0.261 e. The number of fused-ring (bicyclic) bond motifs is 1. The second-order valence-corrected chi connectivity index (χ2v) is 7.52. The molecule has 6 nitrogen and oxygen atoms in total. The number of halogens is 1. The number of amides is 2. The highest BCUT2D eigenvalue weighted by molar-refractivity contribution is 8.93. The molecule has 30 heavy (non-hydrogen) atoms. The maximum absolute atomic E-state index is 12.4. The minimum atomic E-state index is -0.156. The van der Waals surface area contributed by atoms with Crippen LogP contribution in [0.15, 0.2) is 48.5 Å². The van der Waals surface area contributed by atoms with Crippen LogP contribution in [0, 0.1) is 0 Å². The minimum Gasteiger partial charge on any atom is -0.495 e. The lowest BCUT2D eigenvalue weighted by Gasteiger charge is -2.36. The van der Waals surface area contributed by atoms with Crippen molar-refractivity contribution < 1.29 is 14.3 Å². The van der Waals surface area contributed by atoms with E-state index in [0.717, 1.165) is 57.0 Å². The third kappa shape index (κ3) is 4.52. The zero-order valence-corrected chi connectivity index (χ0v) is 19.0. The van der Waals surface area contributed by atoms with Gasteiger partial charge in [0.25, 0.3) is 11.8 Å². The molecule has 2 amide bonds. The van der Waals surface area contributed by atoms with E-state index in [1.807, 2.05) is 18.2 Å². The van der Waals surface area contributed by atoms with Crippen molar-refractivity contribution in [2.75, 3.05) is 51.3 Å². The number of methoxy groups -OCH3 is 1. The monoisotopic (exact) mass is 473 g/mol. The first-order valence-corrected chi connectivity index (χ1v) is 10.2. The van der Waals surface area contributed by atoms with Gasteiger partial charge in [-0.25, -0.2) is 0 Å². The Kier molecular flexibility index (Phi) is 7.50. The number of para-hydroxylation sites is 2. The van der Waals surface area contributed by atoms with Gasteiger partial charge in [-0.15, -0.1) is 17.0 Å². The number of rotatable bonds is 7. The molecule has 0 saturated carbocycles. The molecular formula is C23H28BrN3O3. The summed E-state index contributed by atoms with van der Waals surface area (Å²) in [5.74, 6) is 0.605. The Morgan fingerprint density at radius 3 is 2.00 bits per heavy atom.